The van der Waals surface area contributed by atoms with Crippen molar-refractivity contribution in [2.24, 2.45) is 0 Å². The second-order valence-corrected chi connectivity index (χ2v) is 3.93. The molecule has 0 spiro atoms. The Hall–Kier alpha value is -2.34. The molecule has 1 N–H and O–H groups in total. The highest BCUT2D eigenvalue weighted by Gasteiger charge is 2.13. The molecule has 0 aliphatic heterocycles. The first-order chi connectivity index (χ1) is 9.20. The summed E-state index contributed by atoms with van der Waals surface area (Å²) in [5, 5.41) is 13.7. The predicted octanol–water partition coefficient (Wildman–Crippen LogP) is 2.95. The standard InChI is InChI=1S/C13H14N2O4/c1-14-12-5-4-10(7-13(12)15(16)17)8-18-9-11-3-2-6-19-11/h2-7,14H,8-9H2,1H3. The van der Waals surface area contributed by atoms with Gasteiger partial charge in [-0.15, -0.1) is 0 Å². The summed E-state index contributed by atoms with van der Waals surface area (Å²) in [5.41, 5.74) is 1.28. The van der Waals surface area contributed by atoms with E-state index in [0.29, 0.717) is 18.9 Å². The van der Waals surface area contributed by atoms with Crippen molar-refractivity contribution >= 4 is 11.4 Å². The van der Waals surface area contributed by atoms with Crippen LogP contribution in [0.15, 0.2) is 41.0 Å². The monoisotopic (exact) mass is 262 g/mol. The summed E-state index contributed by atoms with van der Waals surface area (Å²) < 4.78 is 10.6. The number of benzene rings is 1. The van der Waals surface area contributed by atoms with Gasteiger partial charge in [0.1, 0.15) is 18.1 Å². The molecule has 1 aromatic heterocycles. The second-order valence-electron chi connectivity index (χ2n) is 3.93. The number of ether oxygens (including phenoxy) is 1. The van der Waals surface area contributed by atoms with Crippen LogP contribution in [0.5, 0.6) is 0 Å². The molecule has 6 heteroatoms. The highest BCUT2D eigenvalue weighted by atomic mass is 16.6. The molecular formula is C13H14N2O4. The Morgan fingerprint density at radius 2 is 2.21 bits per heavy atom. The minimum Gasteiger partial charge on any atom is -0.467 e. The molecule has 100 valence electrons. The molecule has 19 heavy (non-hydrogen) atoms. The molecule has 0 fully saturated rings. The van der Waals surface area contributed by atoms with E-state index in [1.165, 1.54) is 6.07 Å². The topological polar surface area (TPSA) is 77.5 Å². The number of nitro benzene ring substituents is 1. The molecule has 0 aliphatic rings. The molecule has 2 aromatic rings. The SMILES string of the molecule is CNc1ccc(COCc2ccco2)cc1[N+](=O)[O-]. The maximum atomic E-state index is 10.9. The molecule has 6 nitrogen and oxygen atoms in total. The third-order valence-electron chi connectivity index (χ3n) is 2.62. The van der Waals surface area contributed by atoms with E-state index in [2.05, 4.69) is 5.32 Å². The lowest BCUT2D eigenvalue weighted by molar-refractivity contribution is -0.384. The zero-order chi connectivity index (χ0) is 13.7. The van der Waals surface area contributed by atoms with Crippen LogP contribution in [0.25, 0.3) is 0 Å². The third-order valence-corrected chi connectivity index (χ3v) is 2.62. The maximum Gasteiger partial charge on any atom is 0.292 e. The van der Waals surface area contributed by atoms with Crippen LogP contribution in [-0.2, 0) is 18.0 Å². The van der Waals surface area contributed by atoms with Crippen molar-refractivity contribution in [1.29, 1.82) is 0 Å². The van der Waals surface area contributed by atoms with Crippen molar-refractivity contribution in [3.8, 4) is 0 Å². The van der Waals surface area contributed by atoms with E-state index < -0.39 is 4.92 Å². The van der Waals surface area contributed by atoms with E-state index in [4.69, 9.17) is 9.15 Å². The van der Waals surface area contributed by atoms with E-state index in [-0.39, 0.29) is 5.69 Å². The lowest BCUT2D eigenvalue weighted by Gasteiger charge is -2.06. The lowest BCUT2D eigenvalue weighted by Crippen LogP contribution is -1.99. The summed E-state index contributed by atoms with van der Waals surface area (Å²) in [5.74, 6) is 0.723. The third kappa shape index (κ3) is 3.32. The van der Waals surface area contributed by atoms with Crippen LogP contribution in [0, 0.1) is 10.1 Å². The molecule has 2 rings (SSSR count). The molecule has 0 saturated heterocycles. The van der Waals surface area contributed by atoms with Crippen molar-refractivity contribution < 1.29 is 14.1 Å². The molecule has 0 radical (unpaired) electrons. The van der Waals surface area contributed by atoms with Crippen molar-refractivity contribution in [3.63, 3.8) is 0 Å². The predicted molar refractivity (Wildman–Crippen MR) is 69.8 cm³/mol. The summed E-state index contributed by atoms with van der Waals surface area (Å²) in [6.45, 7) is 0.639. The van der Waals surface area contributed by atoms with E-state index in [1.807, 2.05) is 6.07 Å². The average Bonchev–Trinajstić information content (AvgIpc) is 2.91. The van der Waals surface area contributed by atoms with Crippen LogP contribution >= 0.6 is 0 Å². The molecule has 1 heterocycles. The summed E-state index contributed by atoms with van der Waals surface area (Å²) in [6.07, 6.45) is 1.57. The van der Waals surface area contributed by atoms with Crippen LogP contribution in [-0.4, -0.2) is 12.0 Å². The fourth-order valence-electron chi connectivity index (χ4n) is 1.69. The van der Waals surface area contributed by atoms with Crippen LogP contribution in [0.3, 0.4) is 0 Å². The molecule has 1 aromatic carbocycles. The van der Waals surface area contributed by atoms with Gasteiger partial charge >= 0.3 is 0 Å². The van der Waals surface area contributed by atoms with Crippen molar-refractivity contribution in [2.45, 2.75) is 13.2 Å². The maximum absolute atomic E-state index is 10.9. The van der Waals surface area contributed by atoms with Gasteiger partial charge in [-0.3, -0.25) is 10.1 Å². The molecule has 0 atom stereocenters. The summed E-state index contributed by atoms with van der Waals surface area (Å²) in [6, 6.07) is 8.57. The van der Waals surface area contributed by atoms with Crippen LogP contribution in [0.1, 0.15) is 11.3 Å². The van der Waals surface area contributed by atoms with Gasteiger partial charge in [-0.05, 0) is 23.8 Å². The van der Waals surface area contributed by atoms with Gasteiger partial charge < -0.3 is 14.5 Å². The largest absolute Gasteiger partial charge is 0.467 e. The minimum atomic E-state index is -0.415. The van der Waals surface area contributed by atoms with Crippen LogP contribution in [0.4, 0.5) is 11.4 Å². The molecule has 0 amide bonds. The summed E-state index contributed by atoms with van der Waals surface area (Å²) >= 11 is 0. The Kier molecular flexibility index (Phi) is 4.15. The van der Waals surface area contributed by atoms with Gasteiger partial charge in [-0.2, -0.15) is 0 Å². The Morgan fingerprint density at radius 3 is 2.84 bits per heavy atom. The highest BCUT2D eigenvalue weighted by molar-refractivity contribution is 5.62. The number of hydrogen-bond donors (Lipinski definition) is 1. The first-order valence-electron chi connectivity index (χ1n) is 5.76. The van der Waals surface area contributed by atoms with Gasteiger partial charge in [0.2, 0.25) is 0 Å². The number of nitrogens with zero attached hydrogens (tertiary/aromatic N) is 1. The molecule has 0 bridgehead atoms. The minimum absolute atomic E-state index is 0.0431. The number of hydrogen-bond acceptors (Lipinski definition) is 5. The Bertz CT molecular complexity index is 552. The lowest BCUT2D eigenvalue weighted by atomic mass is 10.2. The Labute approximate surface area is 110 Å². The summed E-state index contributed by atoms with van der Waals surface area (Å²) in [7, 11) is 1.65. The van der Waals surface area contributed by atoms with E-state index in [9.17, 15) is 10.1 Å². The van der Waals surface area contributed by atoms with Gasteiger partial charge in [-0.25, -0.2) is 0 Å². The number of nitrogens with one attached hydrogen (secondary N) is 1. The number of furan rings is 1. The fourth-order valence-corrected chi connectivity index (χ4v) is 1.69. The number of rotatable bonds is 6. The van der Waals surface area contributed by atoms with Gasteiger partial charge in [-0.1, -0.05) is 6.07 Å². The Balaban J connectivity index is 2.00. The average molecular weight is 262 g/mol. The van der Waals surface area contributed by atoms with E-state index in [1.54, 1.807) is 31.5 Å². The van der Waals surface area contributed by atoms with Gasteiger partial charge in [0, 0.05) is 13.1 Å². The van der Waals surface area contributed by atoms with E-state index in [0.717, 1.165) is 11.3 Å². The van der Waals surface area contributed by atoms with Crippen LogP contribution < -0.4 is 5.32 Å². The van der Waals surface area contributed by atoms with E-state index >= 15 is 0 Å². The smallest absolute Gasteiger partial charge is 0.292 e. The molecular weight excluding hydrogens is 248 g/mol. The number of anilines is 1. The molecule has 0 aliphatic carbocycles. The van der Waals surface area contributed by atoms with Gasteiger partial charge in [0.05, 0.1) is 17.8 Å². The van der Waals surface area contributed by atoms with Crippen molar-refractivity contribution in [3.05, 3.63) is 58.0 Å². The number of nitro groups is 1. The zero-order valence-electron chi connectivity index (χ0n) is 10.5. The van der Waals surface area contributed by atoms with Gasteiger partial charge in [0.25, 0.3) is 5.69 Å². The second kappa shape index (κ2) is 6.01. The quantitative estimate of drug-likeness (QED) is 0.639. The van der Waals surface area contributed by atoms with Crippen molar-refractivity contribution in [1.82, 2.24) is 0 Å². The molecule has 0 saturated carbocycles. The highest BCUT2D eigenvalue weighted by Crippen LogP contribution is 2.25. The zero-order valence-corrected chi connectivity index (χ0v) is 10.5. The van der Waals surface area contributed by atoms with Gasteiger partial charge in [0.15, 0.2) is 0 Å². The van der Waals surface area contributed by atoms with Crippen molar-refractivity contribution in [2.75, 3.05) is 12.4 Å². The molecule has 0 unspecified atom stereocenters. The van der Waals surface area contributed by atoms with Crippen LogP contribution in [0.2, 0.25) is 0 Å². The first-order valence-corrected chi connectivity index (χ1v) is 5.76. The normalized spacial score (nSPS) is 10.4. The summed E-state index contributed by atoms with van der Waals surface area (Å²) in [4.78, 5) is 10.5. The fraction of sp³-hybridized carbons (Fsp3) is 0.231. The first kappa shape index (κ1) is 13.1. The Morgan fingerprint density at radius 1 is 1.37 bits per heavy atom.